The molecule has 1 aromatic carbocycles. The van der Waals surface area contributed by atoms with Gasteiger partial charge in [-0.05, 0) is 66.9 Å². The highest BCUT2D eigenvalue weighted by molar-refractivity contribution is 6.03. The van der Waals surface area contributed by atoms with Crippen molar-refractivity contribution in [1.82, 2.24) is 15.2 Å². The number of anilines is 3. The average Bonchev–Trinajstić information content (AvgIpc) is 2.89. The number of carbonyl (C=O) groups excluding carboxylic acids is 1. The second kappa shape index (κ2) is 11.1. The van der Waals surface area contributed by atoms with Crippen LogP contribution in [0.5, 0.6) is 0 Å². The highest BCUT2D eigenvalue weighted by Crippen LogP contribution is 2.32. The number of aliphatic hydroxyl groups excluding tert-OH is 1. The summed E-state index contributed by atoms with van der Waals surface area (Å²) in [4.78, 5) is 19.5. The Balaban J connectivity index is 1.63. The van der Waals surface area contributed by atoms with Crippen molar-refractivity contribution in [1.29, 1.82) is 0 Å². The fourth-order valence-corrected chi connectivity index (χ4v) is 3.81. The number of nitrogens with zero attached hydrogens (tertiary/aromatic N) is 4. The number of hydrogen-bond acceptors (Lipinski definition) is 8. The van der Waals surface area contributed by atoms with E-state index < -0.39 is 17.8 Å². The summed E-state index contributed by atoms with van der Waals surface area (Å²) in [7, 11) is 0. The predicted octanol–water partition coefficient (Wildman–Crippen LogP) is 3.75. The van der Waals surface area contributed by atoms with Gasteiger partial charge in [0.05, 0.1) is 19.8 Å². The molecule has 0 aliphatic carbocycles. The Morgan fingerprint density at radius 2 is 1.89 bits per heavy atom. The first kappa shape index (κ1) is 26.3. The van der Waals surface area contributed by atoms with Crippen LogP contribution in [0.3, 0.4) is 0 Å². The van der Waals surface area contributed by atoms with Crippen LogP contribution in [0.25, 0.3) is 11.1 Å². The van der Waals surface area contributed by atoms with E-state index in [0.29, 0.717) is 43.9 Å². The molecule has 1 atom stereocenters. The molecular weight excluding hydrogens is 489 g/mol. The fourth-order valence-electron chi connectivity index (χ4n) is 3.81. The van der Waals surface area contributed by atoms with Crippen LogP contribution in [-0.2, 0) is 10.9 Å². The number of alkyl halides is 3. The van der Waals surface area contributed by atoms with Gasteiger partial charge in [-0.25, -0.2) is 4.98 Å². The smallest absolute Gasteiger partial charge is 0.394 e. The zero-order chi connectivity index (χ0) is 26.6. The quantitative estimate of drug-likeness (QED) is 0.435. The second-order valence-corrected chi connectivity index (χ2v) is 8.71. The van der Waals surface area contributed by atoms with Crippen LogP contribution in [0.4, 0.5) is 30.5 Å². The van der Waals surface area contributed by atoms with Crippen molar-refractivity contribution in [3.63, 3.8) is 0 Å². The number of amides is 1. The Hall–Kier alpha value is -3.77. The third-order valence-electron chi connectivity index (χ3n) is 5.81. The SMILES string of the molecule is Cc1ccc(NC(=O)c2ccc(C(F)(F)F)nn2)cc1-c1cc(N[C@H](C)CO)nc(N2CCOCC2)c1. The number of nitrogens with one attached hydrogen (secondary N) is 2. The molecule has 3 N–H and O–H groups in total. The van der Waals surface area contributed by atoms with Crippen molar-refractivity contribution < 1.29 is 27.8 Å². The van der Waals surface area contributed by atoms with E-state index in [2.05, 4.69) is 25.7 Å². The minimum Gasteiger partial charge on any atom is -0.394 e. The lowest BCUT2D eigenvalue weighted by atomic mass is 10.00. The number of aliphatic hydroxyl groups is 1. The molecule has 1 aliphatic heterocycles. The first-order valence-electron chi connectivity index (χ1n) is 11.7. The number of morpholine rings is 1. The molecule has 4 rings (SSSR count). The van der Waals surface area contributed by atoms with E-state index in [0.717, 1.165) is 28.6 Å². The molecule has 0 bridgehead atoms. The Morgan fingerprint density at radius 3 is 2.54 bits per heavy atom. The van der Waals surface area contributed by atoms with Crippen LogP contribution in [-0.4, -0.2) is 65.1 Å². The lowest BCUT2D eigenvalue weighted by Crippen LogP contribution is -2.37. The number of benzene rings is 1. The van der Waals surface area contributed by atoms with Crippen molar-refractivity contribution >= 4 is 23.2 Å². The van der Waals surface area contributed by atoms with E-state index in [-0.39, 0.29) is 18.3 Å². The number of carbonyl (C=O) groups is 1. The first-order chi connectivity index (χ1) is 17.6. The van der Waals surface area contributed by atoms with Gasteiger partial charge in [-0.15, -0.1) is 10.2 Å². The molecular formula is C25H27F3N6O3. The summed E-state index contributed by atoms with van der Waals surface area (Å²) in [6.07, 6.45) is -4.64. The summed E-state index contributed by atoms with van der Waals surface area (Å²) in [6.45, 7) is 6.27. The van der Waals surface area contributed by atoms with E-state index in [4.69, 9.17) is 9.72 Å². The van der Waals surface area contributed by atoms with E-state index in [1.807, 2.05) is 32.0 Å². The first-order valence-corrected chi connectivity index (χ1v) is 11.7. The Bertz CT molecular complexity index is 1250. The predicted molar refractivity (Wildman–Crippen MR) is 133 cm³/mol. The molecule has 1 fully saturated rings. The van der Waals surface area contributed by atoms with Gasteiger partial charge in [0, 0.05) is 24.8 Å². The lowest BCUT2D eigenvalue weighted by molar-refractivity contribution is -0.141. The second-order valence-electron chi connectivity index (χ2n) is 8.71. The van der Waals surface area contributed by atoms with Crippen LogP contribution in [0.1, 0.15) is 28.7 Å². The van der Waals surface area contributed by atoms with Crippen molar-refractivity contribution in [2.24, 2.45) is 0 Å². The molecule has 196 valence electrons. The molecule has 2 aromatic heterocycles. The molecule has 12 heteroatoms. The van der Waals surface area contributed by atoms with E-state index in [9.17, 15) is 23.1 Å². The minimum atomic E-state index is -4.64. The fraction of sp³-hybridized carbons (Fsp3) is 0.360. The van der Waals surface area contributed by atoms with Gasteiger partial charge in [-0.2, -0.15) is 13.2 Å². The van der Waals surface area contributed by atoms with Crippen LogP contribution in [0.15, 0.2) is 42.5 Å². The normalized spacial score (nSPS) is 14.8. The summed E-state index contributed by atoms with van der Waals surface area (Å²) >= 11 is 0. The summed E-state index contributed by atoms with van der Waals surface area (Å²) in [6, 6.07) is 10.6. The van der Waals surface area contributed by atoms with Gasteiger partial charge >= 0.3 is 6.18 Å². The number of ether oxygens (including phenoxy) is 1. The van der Waals surface area contributed by atoms with Crippen LogP contribution >= 0.6 is 0 Å². The van der Waals surface area contributed by atoms with Crippen LogP contribution in [0.2, 0.25) is 0 Å². The van der Waals surface area contributed by atoms with Gasteiger partial charge in [-0.3, -0.25) is 4.79 Å². The summed E-state index contributed by atoms with van der Waals surface area (Å²) in [5.74, 6) is 0.663. The van der Waals surface area contributed by atoms with Gasteiger partial charge in [0.25, 0.3) is 5.91 Å². The molecule has 1 saturated heterocycles. The number of aromatic nitrogens is 3. The molecule has 0 radical (unpaired) electrons. The van der Waals surface area contributed by atoms with Crippen LogP contribution < -0.4 is 15.5 Å². The molecule has 3 heterocycles. The maximum Gasteiger partial charge on any atom is 0.435 e. The third kappa shape index (κ3) is 6.52. The summed E-state index contributed by atoms with van der Waals surface area (Å²) in [5, 5.41) is 21.9. The molecule has 3 aromatic rings. The number of hydrogen-bond donors (Lipinski definition) is 3. The highest BCUT2D eigenvalue weighted by Gasteiger charge is 2.33. The number of aryl methyl sites for hydroxylation is 1. The molecule has 0 unspecified atom stereocenters. The average molecular weight is 517 g/mol. The van der Waals surface area contributed by atoms with Crippen molar-refractivity contribution in [2.75, 3.05) is 48.4 Å². The van der Waals surface area contributed by atoms with Gasteiger partial charge in [-0.1, -0.05) is 6.07 Å². The van der Waals surface area contributed by atoms with Crippen LogP contribution in [0, 0.1) is 6.92 Å². The lowest BCUT2D eigenvalue weighted by Gasteiger charge is -2.29. The number of rotatable bonds is 7. The van der Waals surface area contributed by atoms with Crippen molar-refractivity contribution in [3.8, 4) is 11.1 Å². The largest absolute Gasteiger partial charge is 0.435 e. The van der Waals surface area contributed by atoms with Gasteiger partial charge in [0.15, 0.2) is 11.4 Å². The summed E-state index contributed by atoms with van der Waals surface area (Å²) < 4.78 is 43.7. The Morgan fingerprint density at radius 1 is 1.14 bits per heavy atom. The Labute approximate surface area is 211 Å². The highest BCUT2D eigenvalue weighted by atomic mass is 19.4. The van der Waals surface area contributed by atoms with Gasteiger partial charge in [0.1, 0.15) is 11.6 Å². The maximum absolute atomic E-state index is 12.7. The molecule has 37 heavy (non-hydrogen) atoms. The van der Waals surface area contributed by atoms with Gasteiger partial charge in [0.2, 0.25) is 0 Å². The molecule has 0 saturated carbocycles. The zero-order valence-corrected chi connectivity index (χ0v) is 20.3. The molecule has 1 aliphatic rings. The van der Waals surface area contributed by atoms with E-state index >= 15 is 0 Å². The zero-order valence-electron chi connectivity index (χ0n) is 20.3. The Kier molecular flexibility index (Phi) is 7.89. The maximum atomic E-state index is 12.7. The van der Waals surface area contributed by atoms with E-state index in [1.165, 1.54) is 0 Å². The van der Waals surface area contributed by atoms with E-state index in [1.54, 1.807) is 12.1 Å². The number of pyridine rings is 1. The number of halogens is 3. The third-order valence-corrected chi connectivity index (χ3v) is 5.81. The van der Waals surface area contributed by atoms with Crippen molar-refractivity contribution in [3.05, 3.63) is 59.4 Å². The standard InChI is InChI=1S/C25H27F3N6O3/c1-15-3-4-18(30-24(36)20-5-6-21(33-32-20)25(26,27)28)13-19(15)17-11-22(29-16(2)14-35)31-23(12-17)34-7-9-37-10-8-34/h3-6,11-13,16,35H,7-10,14H2,1-2H3,(H,29,31)(H,30,36)/t16-/m1/s1. The molecule has 9 nitrogen and oxygen atoms in total. The van der Waals surface area contributed by atoms with Gasteiger partial charge < -0.3 is 25.4 Å². The minimum absolute atomic E-state index is 0.0633. The monoisotopic (exact) mass is 516 g/mol. The van der Waals surface area contributed by atoms with Crippen molar-refractivity contribution in [2.45, 2.75) is 26.1 Å². The summed E-state index contributed by atoms with van der Waals surface area (Å²) in [5.41, 5.74) is 1.64. The molecule has 1 amide bonds. The topological polar surface area (TPSA) is 112 Å². The molecule has 0 spiro atoms.